The monoisotopic (exact) mass is 665 g/mol. The Morgan fingerprint density at radius 1 is 0.333 bits per heavy atom. The van der Waals surface area contributed by atoms with Crippen molar-refractivity contribution in [1.82, 2.24) is 0 Å². The number of rotatable bonds is 3. The minimum absolute atomic E-state index is 0.450. The van der Waals surface area contributed by atoms with Crippen molar-refractivity contribution in [3.8, 4) is 44.5 Å². The Morgan fingerprint density at radius 2 is 0.765 bits per heavy atom. The van der Waals surface area contributed by atoms with Gasteiger partial charge in [-0.15, -0.1) is 0 Å². The Labute approximate surface area is 302 Å². The summed E-state index contributed by atoms with van der Waals surface area (Å²) in [5, 5.41) is 0. The summed E-state index contributed by atoms with van der Waals surface area (Å²) in [6.45, 7) is 0. The van der Waals surface area contributed by atoms with Gasteiger partial charge in [-0.1, -0.05) is 169 Å². The Hall–Kier alpha value is -6.09. The maximum atomic E-state index is 2.56. The van der Waals surface area contributed by atoms with E-state index in [1.165, 1.54) is 93.6 Å². The highest BCUT2D eigenvalue weighted by molar-refractivity contribution is 7.99. The van der Waals surface area contributed by atoms with E-state index >= 15 is 0 Å². The van der Waals surface area contributed by atoms with Crippen molar-refractivity contribution in [1.29, 1.82) is 0 Å². The molecule has 8 aromatic carbocycles. The normalized spacial score (nSPS) is 13.9. The van der Waals surface area contributed by atoms with Crippen molar-refractivity contribution in [3.63, 3.8) is 0 Å². The number of anilines is 3. The maximum absolute atomic E-state index is 2.56. The fraction of sp³-hybridized carbons (Fsp3) is 0.0204. The van der Waals surface area contributed by atoms with Gasteiger partial charge in [0.2, 0.25) is 0 Å². The molecule has 0 aromatic heterocycles. The van der Waals surface area contributed by atoms with Gasteiger partial charge in [0.1, 0.15) is 0 Å². The van der Waals surface area contributed by atoms with Crippen molar-refractivity contribution in [3.05, 3.63) is 210 Å². The smallest absolute Gasteiger partial charge is 0.0746 e. The zero-order valence-corrected chi connectivity index (χ0v) is 28.6. The molecule has 0 saturated heterocycles. The van der Waals surface area contributed by atoms with E-state index in [2.05, 4.69) is 193 Å². The molecule has 0 fully saturated rings. The molecule has 51 heavy (non-hydrogen) atoms. The van der Waals surface area contributed by atoms with Gasteiger partial charge >= 0.3 is 0 Å². The van der Waals surface area contributed by atoms with Crippen LogP contribution in [0.5, 0.6) is 0 Å². The summed E-state index contributed by atoms with van der Waals surface area (Å²) < 4.78 is 0. The molecule has 238 valence electrons. The summed E-state index contributed by atoms with van der Waals surface area (Å²) in [6.07, 6.45) is 0. The highest BCUT2D eigenvalue weighted by Crippen LogP contribution is 2.66. The van der Waals surface area contributed by atoms with Crippen LogP contribution < -0.4 is 4.90 Å². The van der Waals surface area contributed by atoms with Crippen LogP contribution in [0.2, 0.25) is 0 Å². The number of hydrogen-bond donors (Lipinski definition) is 0. The third-order valence-electron chi connectivity index (χ3n) is 11.1. The summed E-state index contributed by atoms with van der Waals surface area (Å²) in [4.78, 5) is 5.06. The van der Waals surface area contributed by atoms with Crippen LogP contribution in [0.4, 0.5) is 17.1 Å². The summed E-state index contributed by atoms with van der Waals surface area (Å²) >= 11 is 1.88. The third-order valence-corrected chi connectivity index (χ3v) is 12.2. The molecule has 11 rings (SSSR count). The number of nitrogens with zero attached hydrogens (tertiary/aromatic N) is 1. The van der Waals surface area contributed by atoms with Crippen LogP contribution >= 0.6 is 11.8 Å². The quantitative estimate of drug-likeness (QED) is 0.185. The van der Waals surface area contributed by atoms with Crippen molar-refractivity contribution in [2.45, 2.75) is 15.2 Å². The second kappa shape index (κ2) is 11.0. The number of benzene rings is 8. The molecular weight excluding hydrogens is 635 g/mol. The van der Waals surface area contributed by atoms with Gasteiger partial charge in [-0.2, -0.15) is 0 Å². The first-order chi connectivity index (χ1) is 25.3. The van der Waals surface area contributed by atoms with Crippen molar-refractivity contribution in [2.75, 3.05) is 4.90 Å². The highest BCUT2D eigenvalue weighted by atomic mass is 32.2. The van der Waals surface area contributed by atoms with Gasteiger partial charge < -0.3 is 4.90 Å². The molecule has 0 bridgehead atoms. The van der Waals surface area contributed by atoms with Crippen molar-refractivity contribution >= 4 is 28.8 Å². The van der Waals surface area contributed by atoms with E-state index in [-0.39, 0.29) is 0 Å². The topological polar surface area (TPSA) is 3.24 Å². The minimum atomic E-state index is -0.450. The average Bonchev–Trinajstić information content (AvgIpc) is 3.68. The van der Waals surface area contributed by atoms with E-state index in [9.17, 15) is 0 Å². The molecule has 0 saturated carbocycles. The first-order valence-electron chi connectivity index (χ1n) is 17.6. The Kier molecular flexibility index (Phi) is 6.17. The molecule has 0 amide bonds. The van der Waals surface area contributed by atoms with Crippen LogP contribution in [0.15, 0.2) is 198 Å². The van der Waals surface area contributed by atoms with E-state index in [1.54, 1.807) is 0 Å². The Bertz CT molecular complexity index is 2520. The molecule has 0 radical (unpaired) electrons. The van der Waals surface area contributed by atoms with Crippen LogP contribution in [0.1, 0.15) is 22.3 Å². The van der Waals surface area contributed by atoms with Gasteiger partial charge in [-0.3, -0.25) is 0 Å². The molecule has 1 aliphatic heterocycles. The van der Waals surface area contributed by atoms with Gasteiger partial charge in [0.15, 0.2) is 0 Å². The van der Waals surface area contributed by atoms with Gasteiger partial charge in [0, 0.05) is 15.4 Å². The van der Waals surface area contributed by atoms with Crippen LogP contribution in [-0.4, -0.2) is 0 Å². The van der Waals surface area contributed by atoms with Crippen molar-refractivity contribution < 1.29 is 0 Å². The molecule has 0 N–H and O–H groups in total. The summed E-state index contributed by atoms with van der Waals surface area (Å²) in [6, 6.07) is 69.7. The molecule has 0 unspecified atom stereocenters. The summed E-state index contributed by atoms with van der Waals surface area (Å²) in [5.74, 6) is 0. The minimum Gasteiger partial charge on any atom is -0.308 e. The molecule has 8 aromatic rings. The first-order valence-corrected chi connectivity index (χ1v) is 18.4. The fourth-order valence-corrected chi connectivity index (χ4v) is 10.1. The molecule has 2 heteroatoms. The lowest BCUT2D eigenvalue weighted by molar-refractivity contribution is 0.792. The Morgan fingerprint density at radius 3 is 1.27 bits per heavy atom. The molecule has 1 spiro atoms. The van der Waals surface area contributed by atoms with E-state index < -0.39 is 5.41 Å². The summed E-state index contributed by atoms with van der Waals surface area (Å²) in [7, 11) is 0. The molecule has 3 aliphatic rings. The van der Waals surface area contributed by atoms with Gasteiger partial charge in [0.25, 0.3) is 0 Å². The van der Waals surface area contributed by atoms with Gasteiger partial charge in [0.05, 0.1) is 22.5 Å². The lowest BCUT2D eigenvalue weighted by Crippen LogP contribution is -2.28. The lowest BCUT2D eigenvalue weighted by Gasteiger charge is -2.38. The predicted octanol–water partition coefficient (Wildman–Crippen LogP) is 13.3. The van der Waals surface area contributed by atoms with Gasteiger partial charge in [-0.05, 0) is 91.5 Å². The van der Waals surface area contributed by atoms with Gasteiger partial charge in [-0.25, -0.2) is 0 Å². The second-order valence-corrected chi connectivity index (χ2v) is 14.7. The van der Waals surface area contributed by atoms with Crippen LogP contribution in [0.25, 0.3) is 44.5 Å². The van der Waals surface area contributed by atoms with Crippen LogP contribution in [0, 0.1) is 0 Å². The molecule has 0 atom stereocenters. The molecular formula is C49H31NS. The Balaban J connectivity index is 1.22. The second-order valence-electron chi connectivity index (χ2n) is 13.6. The predicted molar refractivity (Wildman–Crippen MR) is 212 cm³/mol. The third kappa shape index (κ3) is 4.00. The first kappa shape index (κ1) is 28.7. The van der Waals surface area contributed by atoms with Crippen LogP contribution in [-0.2, 0) is 5.41 Å². The zero-order chi connectivity index (χ0) is 33.5. The highest BCUT2D eigenvalue weighted by Gasteiger charge is 2.53. The van der Waals surface area contributed by atoms with E-state index in [1.807, 2.05) is 11.8 Å². The fourth-order valence-electron chi connectivity index (χ4n) is 9.01. The SMILES string of the molecule is c1ccc(-c2ccc3c(c2)Sc2cc(-c4ccccc4)ccc2N3c2cccc3c2C2(c4ccccc4-c4ccccc42)c2ccccc2-3)cc1. The molecule has 1 heterocycles. The lowest BCUT2D eigenvalue weighted by atomic mass is 9.70. The maximum Gasteiger partial charge on any atom is 0.0746 e. The summed E-state index contributed by atoms with van der Waals surface area (Å²) in [5.41, 5.74) is 18.8. The average molecular weight is 666 g/mol. The van der Waals surface area contributed by atoms with Crippen molar-refractivity contribution in [2.24, 2.45) is 0 Å². The van der Waals surface area contributed by atoms with E-state index in [4.69, 9.17) is 0 Å². The zero-order valence-electron chi connectivity index (χ0n) is 27.8. The largest absolute Gasteiger partial charge is 0.308 e. The standard InChI is InChI=1S/C49H31NS/c1-3-14-32(15-4-1)34-26-28-43-46(30-34)51-47-31-35(33-16-5-2-6-17-33)27-29-44(47)50(43)45-25-13-21-39-38-20-9-12-24-42(38)49(48(39)45)40-22-10-7-18-36(40)37-19-8-11-23-41(37)49/h1-31H. The molecule has 1 nitrogen and oxygen atoms in total. The molecule has 2 aliphatic carbocycles. The van der Waals surface area contributed by atoms with E-state index in [0.717, 1.165) is 0 Å². The number of hydrogen-bond acceptors (Lipinski definition) is 2. The van der Waals surface area contributed by atoms with Crippen LogP contribution in [0.3, 0.4) is 0 Å². The number of fused-ring (bicyclic) bond motifs is 12. The van der Waals surface area contributed by atoms with E-state index in [0.29, 0.717) is 0 Å².